The summed E-state index contributed by atoms with van der Waals surface area (Å²) in [5.74, 6) is 3.14. The maximum absolute atomic E-state index is 4.41. The number of hydrogen-bond acceptors (Lipinski definition) is 3. The number of hydrogen-bond donors (Lipinski definition) is 2. The molecule has 0 unspecified atom stereocenters. The van der Waals surface area contributed by atoms with Crippen molar-refractivity contribution in [1.29, 1.82) is 0 Å². The molecule has 1 aliphatic heterocycles. The summed E-state index contributed by atoms with van der Waals surface area (Å²) < 4.78 is 2.33. The minimum atomic E-state index is 0.781. The van der Waals surface area contributed by atoms with Gasteiger partial charge in [0.15, 0.2) is 5.96 Å². The smallest absolute Gasteiger partial charge is 0.191 e. The minimum Gasteiger partial charge on any atom is -0.356 e. The molecule has 1 aromatic carbocycles. The number of benzene rings is 1. The molecule has 0 radical (unpaired) electrons. The molecule has 0 amide bonds. The molecule has 2 heterocycles. The van der Waals surface area contributed by atoms with Crippen molar-refractivity contribution in [2.45, 2.75) is 65.5 Å². The van der Waals surface area contributed by atoms with Gasteiger partial charge in [0.25, 0.3) is 0 Å². The Hall–Kier alpha value is -2.37. The quantitative estimate of drug-likeness (QED) is 0.467. The molecule has 0 atom stereocenters. The number of aliphatic imine (C=N–C) groups is 1. The Bertz CT molecular complexity index is 777. The molecule has 2 N–H and O–H groups in total. The number of rotatable bonds is 6. The summed E-state index contributed by atoms with van der Waals surface area (Å²) in [6, 6.07) is 6.55. The third-order valence-corrected chi connectivity index (χ3v) is 5.22. The summed E-state index contributed by atoms with van der Waals surface area (Å²) in [5.41, 5.74) is 3.91. The van der Waals surface area contributed by atoms with Crippen LogP contribution in [0.1, 0.15) is 54.0 Å². The van der Waals surface area contributed by atoms with E-state index in [1.54, 1.807) is 0 Å². The molecule has 0 spiro atoms. The Morgan fingerprint density at radius 1 is 1.15 bits per heavy atom. The van der Waals surface area contributed by atoms with Crippen molar-refractivity contribution in [2.75, 3.05) is 13.6 Å². The number of aromatic nitrogens is 3. The highest BCUT2D eigenvalue weighted by atomic mass is 15.3. The molecular formula is C21H32N6. The maximum Gasteiger partial charge on any atom is 0.191 e. The van der Waals surface area contributed by atoms with E-state index < -0.39 is 0 Å². The molecule has 0 fully saturated rings. The normalized spacial score (nSPS) is 14.6. The molecule has 6 heteroatoms. The molecule has 0 bridgehead atoms. The predicted molar refractivity (Wildman–Crippen MR) is 110 cm³/mol. The second-order valence-corrected chi connectivity index (χ2v) is 7.38. The van der Waals surface area contributed by atoms with E-state index in [0.717, 1.165) is 50.7 Å². The van der Waals surface area contributed by atoms with E-state index in [1.165, 1.54) is 41.8 Å². The molecule has 2 aromatic rings. The fraction of sp³-hybridized carbons (Fsp3) is 0.571. The van der Waals surface area contributed by atoms with Gasteiger partial charge in [0, 0.05) is 39.5 Å². The van der Waals surface area contributed by atoms with Crippen LogP contribution in [0, 0.1) is 13.8 Å². The van der Waals surface area contributed by atoms with Crippen LogP contribution < -0.4 is 10.6 Å². The Kier molecular flexibility index (Phi) is 6.85. The van der Waals surface area contributed by atoms with Gasteiger partial charge in [-0.15, -0.1) is 10.2 Å². The Morgan fingerprint density at radius 3 is 2.85 bits per heavy atom. The van der Waals surface area contributed by atoms with E-state index >= 15 is 0 Å². The van der Waals surface area contributed by atoms with Crippen molar-refractivity contribution in [3.63, 3.8) is 0 Å². The number of fused-ring (bicyclic) bond motifs is 1. The Morgan fingerprint density at radius 2 is 2.04 bits per heavy atom. The first-order valence-corrected chi connectivity index (χ1v) is 10.1. The predicted octanol–water partition coefficient (Wildman–Crippen LogP) is 2.92. The van der Waals surface area contributed by atoms with Gasteiger partial charge in [-0.1, -0.05) is 30.2 Å². The second-order valence-electron chi connectivity index (χ2n) is 7.38. The van der Waals surface area contributed by atoms with Gasteiger partial charge in [-0.3, -0.25) is 4.99 Å². The zero-order valence-electron chi connectivity index (χ0n) is 16.9. The summed E-state index contributed by atoms with van der Waals surface area (Å²) in [5, 5.41) is 15.6. The summed E-state index contributed by atoms with van der Waals surface area (Å²) in [6.07, 6.45) is 6.82. The molecular weight excluding hydrogens is 336 g/mol. The first-order valence-electron chi connectivity index (χ1n) is 10.1. The van der Waals surface area contributed by atoms with Crippen LogP contribution in [-0.4, -0.2) is 34.3 Å². The molecule has 146 valence electrons. The van der Waals surface area contributed by atoms with Gasteiger partial charge < -0.3 is 15.2 Å². The summed E-state index contributed by atoms with van der Waals surface area (Å²) >= 11 is 0. The summed E-state index contributed by atoms with van der Waals surface area (Å²) in [7, 11) is 1.82. The fourth-order valence-electron chi connectivity index (χ4n) is 3.63. The van der Waals surface area contributed by atoms with Gasteiger partial charge in [0.05, 0.1) is 0 Å². The van der Waals surface area contributed by atoms with Crippen LogP contribution >= 0.6 is 0 Å². The van der Waals surface area contributed by atoms with Crippen LogP contribution in [0.3, 0.4) is 0 Å². The Labute approximate surface area is 162 Å². The largest absolute Gasteiger partial charge is 0.356 e. The second kappa shape index (κ2) is 9.53. The van der Waals surface area contributed by atoms with Crippen LogP contribution in [0.5, 0.6) is 0 Å². The van der Waals surface area contributed by atoms with E-state index in [4.69, 9.17) is 0 Å². The fourth-order valence-corrected chi connectivity index (χ4v) is 3.63. The van der Waals surface area contributed by atoms with Crippen molar-refractivity contribution in [1.82, 2.24) is 25.4 Å². The number of aryl methyl sites for hydroxylation is 4. The van der Waals surface area contributed by atoms with Crippen molar-refractivity contribution in [3.8, 4) is 0 Å². The highest BCUT2D eigenvalue weighted by Crippen LogP contribution is 2.15. The van der Waals surface area contributed by atoms with Crippen molar-refractivity contribution in [2.24, 2.45) is 4.99 Å². The van der Waals surface area contributed by atoms with Gasteiger partial charge in [0.2, 0.25) is 0 Å². The lowest BCUT2D eigenvalue weighted by molar-refractivity contribution is 0.594. The average molecular weight is 369 g/mol. The first-order chi connectivity index (χ1) is 13.2. The van der Waals surface area contributed by atoms with Crippen LogP contribution in [0.2, 0.25) is 0 Å². The molecule has 0 saturated heterocycles. The van der Waals surface area contributed by atoms with Crippen LogP contribution in [0.25, 0.3) is 0 Å². The lowest BCUT2D eigenvalue weighted by Crippen LogP contribution is -2.37. The first kappa shape index (κ1) is 19.4. The highest BCUT2D eigenvalue weighted by molar-refractivity contribution is 5.79. The van der Waals surface area contributed by atoms with E-state index in [2.05, 4.69) is 62.4 Å². The monoisotopic (exact) mass is 368 g/mol. The Balaban J connectivity index is 1.43. The molecule has 27 heavy (non-hydrogen) atoms. The van der Waals surface area contributed by atoms with Crippen LogP contribution in [0.15, 0.2) is 23.2 Å². The van der Waals surface area contributed by atoms with E-state index in [0.29, 0.717) is 0 Å². The number of nitrogens with zero attached hydrogens (tertiary/aromatic N) is 4. The third-order valence-electron chi connectivity index (χ3n) is 5.22. The lowest BCUT2D eigenvalue weighted by atomic mass is 10.1. The van der Waals surface area contributed by atoms with Gasteiger partial charge in [-0.2, -0.15) is 0 Å². The summed E-state index contributed by atoms with van der Waals surface area (Å²) in [6.45, 7) is 7.00. The highest BCUT2D eigenvalue weighted by Gasteiger charge is 2.14. The van der Waals surface area contributed by atoms with Gasteiger partial charge >= 0.3 is 0 Å². The van der Waals surface area contributed by atoms with E-state index in [9.17, 15) is 0 Å². The average Bonchev–Trinajstić information content (AvgIpc) is 2.88. The topological polar surface area (TPSA) is 67.1 Å². The molecule has 6 nitrogen and oxygen atoms in total. The molecule has 1 aliphatic rings. The van der Waals surface area contributed by atoms with E-state index in [1.807, 2.05) is 7.05 Å². The van der Waals surface area contributed by atoms with Crippen molar-refractivity contribution in [3.05, 3.63) is 46.5 Å². The SMILES string of the molecule is CN=C(NCCCc1nnc2n1CCCCC2)NCc1ccc(C)cc1C. The van der Waals surface area contributed by atoms with Crippen molar-refractivity contribution < 1.29 is 0 Å². The van der Waals surface area contributed by atoms with E-state index in [-0.39, 0.29) is 0 Å². The van der Waals surface area contributed by atoms with Gasteiger partial charge in [-0.25, -0.2) is 0 Å². The maximum atomic E-state index is 4.41. The number of nitrogens with one attached hydrogen (secondary N) is 2. The summed E-state index contributed by atoms with van der Waals surface area (Å²) in [4.78, 5) is 4.33. The lowest BCUT2D eigenvalue weighted by Gasteiger charge is -2.13. The molecule has 3 rings (SSSR count). The van der Waals surface area contributed by atoms with Gasteiger partial charge in [-0.05, 0) is 44.2 Å². The molecule has 1 aromatic heterocycles. The van der Waals surface area contributed by atoms with Crippen LogP contribution in [-0.2, 0) is 25.9 Å². The minimum absolute atomic E-state index is 0.781. The zero-order valence-corrected chi connectivity index (χ0v) is 16.9. The number of guanidine groups is 1. The van der Waals surface area contributed by atoms with Crippen LogP contribution in [0.4, 0.5) is 0 Å². The van der Waals surface area contributed by atoms with Crippen molar-refractivity contribution >= 4 is 5.96 Å². The molecule has 0 aliphatic carbocycles. The van der Waals surface area contributed by atoms with Gasteiger partial charge in [0.1, 0.15) is 11.6 Å². The molecule has 0 saturated carbocycles. The zero-order chi connectivity index (χ0) is 19.1. The third kappa shape index (κ3) is 5.31. The standard InChI is InChI=1S/C21H32N6/c1-16-10-11-18(17(2)14-16)15-24-21(22-3)23-12-7-9-20-26-25-19-8-5-4-6-13-27(19)20/h10-11,14H,4-9,12-13,15H2,1-3H3,(H2,22,23,24).